The van der Waals surface area contributed by atoms with Gasteiger partial charge in [0.15, 0.2) is 0 Å². The van der Waals surface area contributed by atoms with Gasteiger partial charge in [0.1, 0.15) is 24.0 Å². The first-order valence-corrected chi connectivity index (χ1v) is 5.91. The molecular formula is C12H20N4O2. The summed E-state index contributed by atoms with van der Waals surface area (Å²) in [6.45, 7) is 6.99. The standard InChI is InChI=1S/C12H20N4O2/c1-8(2)6-13-10-5-11(16-9(3)15-10)14-7-12(17)18-4/h5,8H,6-7H2,1-4H3,(H2,13,14,15,16). The van der Waals surface area contributed by atoms with E-state index < -0.39 is 0 Å². The normalized spacial score (nSPS) is 10.3. The summed E-state index contributed by atoms with van der Waals surface area (Å²) in [7, 11) is 1.35. The van der Waals surface area contributed by atoms with E-state index in [2.05, 4.69) is 39.2 Å². The SMILES string of the molecule is COC(=O)CNc1cc(NCC(C)C)nc(C)n1. The molecule has 0 bridgehead atoms. The fourth-order valence-electron chi connectivity index (χ4n) is 1.29. The third-order valence-corrected chi connectivity index (χ3v) is 2.17. The lowest BCUT2D eigenvalue weighted by molar-refractivity contribution is -0.138. The van der Waals surface area contributed by atoms with Crippen molar-refractivity contribution >= 4 is 17.6 Å². The minimum absolute atomic E-state index is 0.0938. The van der Waals surface area contributed by atoms with Crippen LogP contribution in [0.25, 0.3) is 0 Å². The van der Waals surface area contributed by atoms with Gasteiger partial charge in [-0.1, -0.05) is 13.8 Å². The average Bonchev–Trinajstić information content (AvgIpc) is 2.33. The topological polar surface area (TPSA) is 76.1 Å². The minimum atomic E-state index is -0.331. The summed E-state index contributed by atoms with van der Waals surface area (Å²) in [5, 5.41) is 6.12. The molecule has 0 saturated heterocycles. The molecule has 1 heterocycles. The number of hydrogen-bond acceptors (Lipinski definition) is 6. The quantitative estimate of drug-likeness (QED) is 0.746. The van der Waals surface area contributed by atoms with E-state index >= 15 is 0 Å². The minimum Gasteiger partial charge on any atom is -0.468 e. The highest BCUT2D eigenvalue weighted by atomic mass is 16.5. The highest BCUT2D eigenvalue weighted by Gasteiger charge is 2.04. The molecule has 0 fully saturated rings. The number of nitrogens with one attached hydrogen (secondary N) is 2. The Labute approximate surface area is 107 Å². The maximum Gasteiger partial charge on any atom is 0.325 e. The van der Waals surface area contributed by atoms with Crippen LogP contribution in [0.2, 0.25) is 0 Å². The molecule has 0 unspecified atom stereocenters. The van der Waals surface area contributed by atoms with Gasteiger partial charge < -0.3 is 15.4 Å². The van der Waals surface area contributed by atoms with Crippen molar-refractivity contribution in [3.63, 3.8) is 0 Å². The van der Waals surface area contributed by atoms with Gasteiger partial charge in [0.05, 0.1) is 7.11 Å². The molecule has 2 N–H and O–H groups in total. The molecule has 6 heteroatoms. The largest absolute Gasteiger partial charge is 0.468 e. The van der Waals surface area contributed by atoms with E-state index in [4.69, 9.17) is 0 Å². The summed E-state index contributed by atoms with van der Waals surface area (Å²) in [4.78, 5) is 19.5. The van der Waals surface area contributed by atoms with E-state index in [-0.39, 0.29) is 12.5 Å². The van der Waals surface area contributed by atoms with Crippen LogP contribution in [-0.4, -0.2) is 36.1 Å². The molecule has 0 spiro atoms. The van der Waals surface area contributed by atoms with Crippen molar-refractivity contribution < 1.29 is 9.53 Å². The van der Waals surface area contributed by atoms with Crippen LogP contribution in [0.1, 0.15) is 19.7 Å². The third-order valence-electron chi connectivity index (χ3n) is 2.17. The smallest absolute Gasteiger partial charge is 0.325 e. The fourth-order valence-corrected chi connectivity index (χ4v) is 1.29. The predicted molar refractivity (Wildman–Crippen MR) is 70.6 cm³/mol. The number of esters is 1. The van der Waals surface area contributed by atoms with Gasteiger partial charge in [-0.05, 0) is 12.8 Å². The first-order chi connectivity index (χ1) is 8.51. The first-order valence-electron chi connectivity index (χ1n) is 5.91. The number of ether oxygens (including phenoxy) is 1. The number of hydrogen-bond donors (Lipinski definition) is 2. The Morgan fingerprint density at radius 2 is 1.94 bits per heavy atom. The van der Waals surface area contributed by atoms with E-state index in [1.807, 2.05) is 6.92 Å². The van der Waals surface area contributed by atoms with Gasteiger partial charge in [-0.2, -0.15) is 0 Å². The molecule has 100 valence electrons. The summed E-state index contributed by atoms with van der Waals surface area (Å²) in [5.41, 5.74) is 0. The van der Waals surface area contributed by atoms with Crippen LogP contribution in [-0.2, 0) is 9.53 Å². The summed E-state index contributed by atoms with van der Waals surface area (Å²) in [5.74, 6) is 2.22. The maximum absolute atomic E-state index is 11.0. The first kappa shape index (κ1) is 14.2. The molecule has 1 rings (SSSR count). The van der Waals surface area contributed by atoms with E-state index in [0.29, 0.717) is 17.6 Å². The number of aryl methyl sites for hydroxylation is 1. The molecule has 0 atom stereocenters. The highest BCUT2D eigenvalue weighted by molar-refractivity contribution is 5.74. The zero-order chi connectivity index (χ0) is 13.5. The lowest BCUT2D eigenvalue weighted by Crippen LogP contribution is -2.17. The summed E-state index contributed by atoms with van der Waals surface area (Å²) in [6, 6.07) is 1.78. The molecule has 1 aromatic heterocycles. The number of anilines is 2. The van der Waals surface area contributed by atoms with E-state index in [9.17, 15) is 4.79 Å². The van der Waals surface area contributed by atoms with Crippen LogP contribution >= 0.6 is 0 Å². The Morgan fingerprint density at radius 1 is 1.33 bits per heavy atom. The van der Waals surface area contributed by atoms with Gasteiger partial charge in [0.2, 0.25) is 0 Å². The predicted octanol–water partition coefficient (Wildman–Crippen LogP) is 1.44. The Hall–Kier alpha value is -1.85. The highest BCUT2D eigenvalue weighted by Crippen LogP contribution is 2.11. The van der Waals surface area contributed by atoms with Gasteiger partial charge in [-0.15, -0.1) is 0 Å². The summed E-state index contributed by atoms with van der Waals surface area (Å²) >= 11 is 0. The van der Waals surface area contributed by atoms with Crippen LogP contribution in [0.3, 0.4) is 0 Å². The van der Waals surface area contributed by atoms with Crippen molar-refractivity contribution in [3.8, 4) is 0 Å². The van der Waals surface area contributed by atoms with Crippen molar-refractivity contribution in [3.05, 3.63) is 11.9 Å². The monoisotopic (exact) mass is 252 g/mol. The Kier molecular flexibility index (Phi) is 5.35. The number of nitrogens with zero attached hydrogens (tertiary/aromatic N) is 2. The van der Waals surface area contributed by atoms with Gasteiger partial charge in [0.25, 0.3) is 0 Å². The second-order valence-corrected chi connectivity index (χ2v) is 4.39. The average molecular weight is 252 g/mol. The van der Waals surface area contributed by atoms with Crippen molar-refractivity contribution in [2.45, 2.75) is 20.8 Å². The Balaban J connectivity index is 2.65. The van der Waals surface area contributed by atoms with Crippen molar-refractivity contribution in [1.82, 2.24) is 9.97 Å². The van der Waals surface area contributed by atoms with E-state index in [0.717, 1.165) is 12.4 Å². The van der Waals surface area contributed by atoms with Crippen molar-refractivity contribution in [2.24, 2.45) is 5.92 Å². The van der Waals surface area contributed by atoms with Gasteiger partial charge in [0, 0.05) is 12.6 Å². The molecule has 1 aromatic rings. The number of carbonyl (C=O) groups is 1. The van der Waals surface area contributed by atoms with Crippen LogP contribution in [0, 0.1) is 12.8 Å². The molecule has 6 nitrogen and oxygen atoms in total. The third kappa shape index (κ3) is 4.99. The van der Waals surface area contributed by atoms with Crippen LogP contribution in [0.5, 0.6) is 0 Å². The Morgan fingerprint density at radius 3 is 2.50 bits per heavy atom. The molecule has 0 aliphatic rings. The Bertz CT molecular complexity index is 407. The van der Waals surface area contributed by atoms with Crippen molar-refractivity contribution in [1.29, 1.82) is 0 Å². The second kappa shape index (κ2) is 6.78. The molecular weight excluding hydrogens is 232 g/mol. The zero-order valence-electron chi connectivity index (χ0n) is 11.3. The van der Waals surface area contributed by atoms with Crippen LogP contribution in [0.15, 0.2) is 6.07 Å². The molecule has 0 amide bonds. The fraction of sp³-hybridized carbons (Fsp3) is 0.583. The molecule has 18 heavy (non-hydrogen) atoms. The second-order valence-electron chi connectivity index (χ2n) is 4.39. The molecule has 0 aromatic carbocycles. The summed E-state index contributed by atoms with van der Waals surface area (Å²) in [6.07, 6.45) is 0. The summed E-state index contributed by atoms with van der Waals surface area (Å²) < 4.78 is 4.55. The maximum atomic E-state index is 11.0. The molecule has 0 radical (unpaired) electrons. The zero-order valence-corrected chi connectivity index (χ0v) is 11.3. The lowest BCUT2D eigenvalue weighted by Gasteiger charge is -2.11. The number of carbonyl (C=O) groups excluding carboxylic acids is 1. The van der Waals surface area contributed by atoms with Crippen molar-refractivity contribution in [2.75, 3.05) is 30.8 Å². The number of methoxy groups -OCH3 is 1. The van der Waals surface area contributed by atoms with Crippen LogP contribution in [0.4, 0.5) is 11.6 Å². The molecule has 0 saturated carbocycles. The number of rotatable bonds is 6. The molecule has 0 aliphatic carbocycles. The van der Waals surface area contributed by atoms with Gasteiger partial charge in [-0.3, -0.25) is 4.79 Å². The lowest BCUT2D eigenvalue weighted by atomic mass is 10.2. The number of aromatic nitrogens is 2. The van der Waals surface area contributed by atoms with Gasteiger partial charge >= 0.3 is 5.97 Å². The van der Waals surface area contributed by atoms with E-state index in [1.165, 1.54) is 7.11 Å². The van der Waals surface area contributed by atoms with Crippen LogP contribution < -0.4 is 10.6 Å². The van der Waals surface area contributed by atoms with E-state index in [1.54, 1.807) is 6.07 Å². The van der Waals surface area contributed by atoms with Gasteiger partial charge in [-0.25, -0.2) is 9.97 Å². The molecule has 0 aliphatic heterocycles.